The number of likely N-dealkylation sites (N-methyl/N-ethyl adjacent to an activating group) is 1. The summed E-state index contributed by atoms with van der Waals surface area (Å²) in [5.41, 5.74) is 5.27. The van der Waals surface area contributed by atoms with E-state index in [9.17, 15) is 13.2 Å². The van der Waals surface area contributed by atoms with Crippen molar-refractivity contribution in [3.63, 3.8) is 0 Å². The van der Waals surface area contributed by atoms with Gasteiger partial charge in [0.1, 0.15) is 0 Å². The van der Waals surface area contributed by atoms with Crippen LogP contribution in [0.25, 0.3) is 0 Å². The van der Waals surface area contributed by atoms with E-state index in [1.165, 1.54) is 24.3 Å². The number of hydrogen-bond donors (Lipinski definition) is 3. The van der Waals surface area contributed by atoms with Crippen molar-refractivity contribution >= 4 is 15.9 Å². The number of carbonyl (C=O) groups excluding carboxylic acids is 1. The number of sulfonamides is 1. The number of hydrogen-bond acceptors (Lipinski definition) is 4. The van der Waals surface area contributed by atoms with Crippen LogP contribution in [0.2, 0.25) is 0 Å². The molecule has 100 valence electrons. The first kappa shape index (κ1) is 14.6. The zero-order valence-electron chi connectivity index (χ0n) is 10.1. The van der Waals surface area contributed by atoms with E-state index in [4.69, 9.17) is 5.73 Å². The maximum absolute atomic E-state index is 11.9. The summed E-state index contributed by atoms with van der Waals surface area (Å²) in [6, 6.07) is 5.64. The second-order valence-electron chi connectivity index (χ2n) is 3.64. The maximum atomic E-state index is 11.9. The van der Waals surface area contributed by atoms with Gasteiger partial charge in [0.2, 0.25) is 15.9 Å². The van der Waals surface area contributed by atoms with Crippen molar-refractivity contribution in [2.24, 2.45) is 5.73 Å². The Kier molecular flexibility index (Phi) is 5.26. The summed E-state index contributed by atoms with van der Waals surface area (Å²) in [5, 5.41) is 3.00. The molecule has 0 atom stereocenters. The molecule has 0 aliphatic rings. The molecule has 0 unspecified atom stereocenters. The number of nitrogens with one attached hydrogen (secondary N) is 2. The minimum Gasteiger partial charge on any atom is -0.366 e. The summed E-state index contributed by atoms with van der Waals surface area (Å²) in [7, 11) is -3.59. The highest BCUT2D eigenvalue weighted by Gasteiger charge is 2.14. The van der Waals surface area contributed by atoms with Crippen LogP contribution in [0.4, 0.5) is 0 Å². The average molecular weight is 271 g/mol. The Balaban J connectivity index is 2.78. The number of rotatable bonds is 7. The summed E-state index contributed by atoms with van der Waals surface area (Å²) in [5.74, 6) is -0.653. The molecule has 1 aromatic rings. The highest BCUT2D eigenvalue weighted by Crippen LogP contribution is 2.10. The SMILES string of the molecule is CCNCCNS(=O)(=O)c1cccc(C(N)=O)c1. The van der Waals surface area contributed by atoms with Crippen molar-refractivity contribution in [3.8, 4) is 0 Å². The van der Waals surface area contributed by atoms with Crippen LogP contribution >= 0.6 is 0 Å². The number of nitrogens with two attached hydrogens (primary N) is 1. The molecular weight excluding hydrogens is 254 g/mol. The van der Waals surface area contributed by atoms with Crippen molar-refractivity contribution in [1.82, 2.24) is 10.0 Å². The fraction of sp³-hybridized carbons (Fsp3) is 0.364. The highest BCUT2D eigenvalue weighted by atomic mass is 32.2. The molecule has 0 fully saturated rings. The van der Waals surface area contributed by atoms with E-state index in [-0.39, 0.29) is 17.0 Å². The van der Waals surface area contributed by atoms with Gasteiger partial charge in [0.25, 0.3) is 0 Å². The largest absolute Gasteiger partial charge is 0.366 e. The zero-order valence-corrected chi connectivity index (χ0v) is 11.0. The fourth-order valence-corrected chi connectivity index (χ4v) is 2.43. The van der Waals surface area contributed by atoms with Crippen molar-refractivity contribution < 1.29 is 13.2 Å². The number of primary amides is 1. The Morgan fingerprint density at radius 3 is 2.67 bits per heavy atom. The average Bonchev–Trinajstić information content (AvgIpc) is 2.35. The van der Waals surface area contributed by atoms with Gasteiger partial charge in [-0.1, -0.05) is 13.0 Å². The van der Waals surface area contributed by atoms with Crippen LogP contribution in [-0.2, 0) is 10.0 Å². The molecule has 0 saturated heterocycles. The Labute approximate surface area is 107 Å². The molecule has 0 aromatic heterocycles. The molecule has 0 bridgehead atoms. The molecule has 1 amide bonds. The van der Waals surface area contributed by atoms with E-state index in [0.717, 1.165) is 6.54 Å². The Hall–Kier alpha value is -1.44. The third kappa shape index (κ3) is 4.10. The van der Waals surface area contributed by atoms with Gasteiger partial charge in [-0.25, -0.2) is 13.1 Å². The van der Waals surface area contributed by atoms with Gasteiger partial charge in [-0.2, -0.15) is 0 Å². The molecular formula is C11H17N3O3S. The molecule has 0 aliphatic heterocycles. The summed E-state index contributed by atoms with van der Waals surface area (Å²) in [6.07, 6.45) is 0. The monoisotopic (exact) mass is 271 g/mol. The van der Waals surface area contributed by atoms with Gasteiger partial charge in [0, 0.05) is 18.7 Å². The van der Waals surface area contributed by atoms with Gasteiger partial charge in [-0.05, 0) is 24.7 Å². The predicted octanol–water partition coefficient (Wildman–Crippen LogP) is -0.327. The molecule has 4 N–H and O–H groups in total. The molecule has 18 heavy (non-hydrogen) atoms. The second kappa shape index (κ2) is 6.48. The number of benzene rings is 1. The van der Waals surface area contributed by atoms with E-state index in [1.54, 1.807) is 0 Å². The third-order valence-electron chi connectivity index (χ3n) is 2.27. The first-order chi connectivity index (χ1) is 8.47. The second-order valence-corrected chi connectivity index (χ2v) is 5.41. The predicted molar refractivity (Wildman–Crippen MR) is 68.7 cm³/mol. The standard InChI is InChI=1S/C11H17N3O3S/c1-2-13-6-7-14-18(16,17)10-5-3-4-9(8-10)11(12)15/h3-5,8,13-14H,2,6-7H2,1H3,(H2,12,15). The van der Waals surface area contributed by atoms with Gasteiger partial charge in [-0.3, -0.25) is 4.79 Å². The Bertz CT molecular complexity index is 514. The van der Waals surface area contributed by atoms with Gasteiger partial charge < -0.3 is 11.1 Å². The molecule has 0 aliphatic carbocycles. The lowest BCUT2D eigenvalue weighted by Crippen LogP contribution is -2.31. The summed E-state index contributed by atoms with van der Waals surface area (Å²) in [6.45, 7) is 3.55. The Morgan fingerprint density at radius 2 is 2.06 bits per heavy atom. The lowest BCUT2D eigenvalue weighted by atomic mass is 10.2. The minimum absolute atomic E-state index is 0.0373. The van der Waals surface area contributed by atoms with Crippen molar-refractivity contribution in [3.05, 3.63) is 29.8 Å². The molecule has 1 rings (SSSR count). The lowest BCUT2D eigenvalue weighted by Gasteiger charge is -2.07. The molecule has 1 aromatic carbocycles. The van der Waals surface area contributed by atoms with Crippen LogP contribution in [0.3, 0.4) is 0 Å². The van der Waals surface area contributed by atoms with Gasteiger partial charge in [0.15, 0.2) is 0 Å². The van der Waals surface area contributed by atoms with Crippen LogP contribution in [0.5, 0.6) is 0 Å². The van der Waals surface area contributed by atoms with Crippen LogP contribution in [0, 0.1) is 0 Å². The molecule has 6 nitrogen and oxygen atoms in total. The lowest BCUT2D eigenvalue weighted by molar-refractivity contribution is 0.1000. The summed E-state index contributed by atoms with van der Waals surface area (Å²) >= 11 is 0. The van der Waals surface area contributed by atoms with E-state index in [1.807, 2.05) is 6.92 Å². The van der Waals surface area contributed by atoms with Crippen LogP contribution in [0.1, 0.15) is 17.3 Å². The first-order valence-electron chi connectivity index (χ1n) is 5.57. The van der Waals surface area contributed by atoms with Crippen LogP contribution in [0.15, 0.2) is 29.2 Å². The quantitative estimate of drug-likeness (QED) is 0.591. The summed E-state index contributed by atoms with van der Waals surface area (Å²) in [4.78, 5) is 11.0. The van der Waals surface area contributed by atoms with Crippen LogP contribution in [-0.4, -0.2) is 34.0 Å². The van der Waals surface area contributed by atoms with Crippen LogP contribution < -0.4 is 15.8 Å². The van der Waals surface area contributed by atoms with E-state index in [0.29, 0.717) is 6.54 Å². The Morgan fingerprint density at radius 1 is 1.33 bits per heavy atom. The topological polar surface area (TPSA) is 101 Å². The molecule has 0 spiro atoms. The fourth-order valence-electron chi connectivity index (χ4n) is 1.35. The maximum Gasteiger partial charge on any atom is 0.248 e. The number of amides is 1. The van der Waals surface area contributed by atoms with E-state index >= 15 is 0 Å². The zero-order chi connectivity index (χ0) is 13.6. The molecule has 7 heteroatoms. The van der Waals surface area contributed by atoms with Crippen molar-refractivity contribution in [2.45, 2.75) is 11.8 Å². The molecule has 0 heterocycles. The van der Waals surface area contributed by atoms with Gasteiger partial charge in [0.05, 0.1) is 4.90 Å². The smallest absolute Gasteiger partial charge is 0.248 e. The van der Waals surface area contributed by atoms with Crippen molar-refractivity contribution in [1.29, 1.82) is 0 Å². The number of carbonyl (C=O) groups is 1. The third-order valence-corrected chi connectivity index (χ3v) is 3.73. The van der Waals surface area contributed by atoms with E-state index in [2.05, 4.69) is 10.0 Å². The van der Waals surface area contributed by atoms with Gasteiger partial charge >= 0.3 is 0 Å². The molecule has 0 radical (unpaired) electrons. The first-order valence-corrected chi connectivity index (χ1v) is 7.06. The summed E-state index contributed by atoms with van der Waals surface area (Å²) < 4.78 is 26.2. The normalized spacial score (nSPS) is 11.4. The highest BCUT2D eigenvalue weighted by molar-refractivity contribution is 7.89. The minimum atomic E-state index is -3.59. The van der Waals surface area contributed by atoms with Crippen molar-refractivity contribution in [2.75, 3.05) is 19.6 Å². The van der Waals surface area contributed by atoms with E-state index < -0.39 is 15.9 Å². The molecule has 0 saturated carbocycles. The van der Waals surface area contributed by atoms with Gasteiger partial charge in [-0.15, -0.1) is 0 Å².